The molecule has 0 radical (unpaired) electrons. The Bertz CT molecular complexity index is 1130. The number of hydrogen-bond donors (Lipinski definition) is 0. The highest BCUT2D eigenvalue weighted by Gasteiger charge is 2.31. The summed E-state index contributed by atoms with van der Waals surface area (Å²) in [4.78, 5) is 20.6. The molecule has 0 saturated carbocycles. The number of rotatable bonds is 12. The molecule has 2 aliphatic heterocycles. The van der Waals surface area contributed by atoms with Crippen LogP contribution in [-0.2, 0) is 15.7 Å². The minimum atomic E-state index is -4.36. The van der Waals surface area contributed by atoms with Gasteiger partial charge in [0.2, 0.25) is 5.12 Å². The van der Waals surface area contributed by atoms with Crippen molar-refractivity contribution in [1.29, 1.82) is 0 Å². The van der Waals surface area contributed by atoms with E-state index in [4.69, 9.17) is 4.74 Å². The average Bonchev–Trinajstić information content (AvgIpc) is 3.14. The first-order chi connectivity index (χ1) is 18.2. The molecule has 9 heteroatoms. The molecule has 1 atom stereocenters. The Morgan fingerprint density at radius 2 is 1.68 bits per heavy atom. The molecule has 3 heterocycles. The minimum absolute atomic E-state index is 0.141. The lowest BCUT2D eigenvalue weighted by Crippen LogP contribution is -2.46. The molecule has 1 unspecified atom stereocenters. The molecule has 1 fully saturated rings. The van der Waals surface area contributed by atoms with Gasteiger partial charge in [-0.25, -0.2) is 0 Å². The van der Waals surface area contributed by atoms with Crippen molar-refractivity contribution in [2.24, 2.45) is 0 Å². The van der Waals surface area contributed by atoms with Crippen LogP contribution < -0.4 is 4.90 Å². The number of anilines is 1. The van der Waals surface area contributed by atoms with Gasteiger partial charge >= 0.3 is 6.18 Å². The minimum Gasteiger partial charge on any atom is -0.496 e. The summed E-state index contributed by atoms with van der Waals surface area (Å²) in [6, 6.07) is 5.75. The zero-order valence-corrected chi connectivity index (χ0v) is 23.2. The van der Waals surface area contributed by atoms with Gasteiger partial charge in [-0.1, -0.05) is 49.9 Å². The van der Waals surface area contributed by atoms with Crippen LogP contribution in [0.25, 0.3) is 10.9 Å². The van der Waals surface area contributed by atoms with E-state index < -0.39 is 11.7 Å². The van der Waals surface area contributed by atoms with Crippen LogP contribution in [0.4, 0.5) is 18.9 Å². The smallest absolute Gasteiger partial charge is 0.416 e. The third kappa shape index (κ3) is 7.44. The summed E-state index contributed by atoms with van der Waals surface area (Å²) in [7, 11) is 0. The fourth-order valence-corrected chi connectivity index (χ4v) is 6.18. The fraction of sp³-hybridized carbons (Fsp3) is 0.586. The summed E-state index contributed by atoms with van der Waals surface area (Å²) in [6.45, 7) is 9.32. The van der Waals surface area contributed by atoms with Crippen LogP contribution in [0.3, 0.4) is 0 Å². The van der Waals surface area contributed by atoms with E-state index >= 15 is 0 Å². The predicted molar refractivity (Wildman–Crippen MR) is 148 cm³/mol. The van der Waals surface area contributed by atoms with Crippen LogP contribution in [-0.4, -0.2) is 59.6 Å². The summed E-state index contributed by atoms with van der Waals surface area (Å²) in [5.41, 5.74) is 1.47. The van der Waals surface area contributed by atoms with Gasteiger partial charge in [0.15, 0.2) is 0 Å². The molecular weight excluding hydrogens is 511 g/mol. The summed E-state index contributed by atoms with van der Waals surface area (Å²) < 4.78 is 45.1. The topological polar surface area (TPSA) is 45.7 Å². The third-order valence-corrected chi connectivity index (χ3v) is 8.55. The van der Waals surface area contributed by atoms with Crippen LogP contribution in [0.5, 0.6) is 0 Å². The molecular formula is C29H38F3N3O2S. The summed E-state index contributed by atoms with van der Waals surface area (Å²) >= 11 is 1.35. The Morgan fingerprint density at radius 3 is 2.34 bits per heavy atom. The van der Waals surface area contributed by atoms with Gasteiger partial charge in [-0.05, 0) is 51.4 Å². The zero-order valence-electron chi connectivity index (χ0n) is 22.4. The Hall–Kier alpha value is -2.26. The standard InChI is InChI=1S/C29H38F3N3O2S/c1-21-27(22(2)38-28(21)36)37-19-9-7-5-3-4-6-8-14-34-15-17-35(18-16-34)26-12-13-33-25-20-23(29(30,31)32)10-11-24(25)26/h10-13,20,22H,3-9,14-19H2,1-2H3. The Balaban J connectivity index is 1.08. The Labute approximate surface area is 227 Å². The van der Waals surface area contributed by atoms with E-state index in [1.165, 1.54) is 43.9 Å². The number of hydrogen-bond acceptors (Lipinski definition) is 6. The molecule has 2 aromatic rings. The number of thioether (sulfide) groups is 1. The highest BCUT2D eigenvalue weighted by atomic mass is 32.2. The van der Waals surface area contributed by atoms with Crippen molar-refractivity contribution in [2.45, 2.75) is 70.2 Å². The van der Waals surface area contributed by atoms with Crippen LogP contribution in [0.15, 0.2) is 41.8 Å². The summed E-state index contributed by atoms with van der Waals surface area (Å²) in [5.74, 6) is 0.870. The number of nitrogens with zero attached hydrogens (tertiary/aromatic N) is 3. The number of benzene rings is 1. The second-order valence-corrected chi connectivity index (χ2v) is 11.6. The van der Waals surface area contributed by atoms with Gasteiger partial charge < -0.3 is 9.64 Å². The van der Waals surface area contributed by atoms with E-state index in [-0.39, 0.29) is 10.4 Å². The summed E-state index contributed by atoms with van der Waals surface area (Å²) in [6.07, 6.45) is 5.56. The normalized spacial score (nSPS) is 19.1. The lowest BCUT2D eigenvalue weighted by molar-refractivity contribution is -0.137. The lowest BCUT2D eigenvalue weighted by Gasteiger charge is -2.36. The molecule has 38 heavy (non-hydrogen) atoms. The molecule has 1 aromatic carbocycles. The van der Waals surface area contributed by atoms with Gasteiger partial charge in [0.05, 0.1) is 22.9 Å². The first-order valence-corrected chi connectivity index (χ1v) is 14.6. The molecule has 208 valence electrons. The highest BCUT2D eigenvalue weighted by Crippen LogP contribution is 2.35. The van der Waals surface area contributed by atoms with E-state index in [0.717, 1.165) is 80.1 Å². The quantitative estimate of drug-likeness (QED) is 0.264. The third-order valence-electron chi connectivity index (χ3n) is 7.47. The molecule has 0 aliphatic carbocycles. The molecule has 1 saturated heterocycles. The van der Waals surface area contributed by atoms with E-state index in [1.54, 1.807) is 12.3 Å². The van der Waals surface area contributed by atoms with Crippen molar-refractivity contribution in [1.82, 2.24) is 9.88 Å². The number of ether oxygens (including phenoxy) is 1. The maximum absolute atomic E-state index is 13.1. The van der Waals surface area contributed by atoms with Crippen molar-refractivity contribution < 1.29 is 22.7 Å². The molecule has 4 rings (SSSR count). The average molecular weight is 550 g/mol. The van der Waals surface area contributed by atoms with Crippen molar-refractivity contribution >= 4 is 33.5 Å². The molecule has 1 aromatic heterocycles. The number of halogens is 3. The highest BCUT2D eigenvalue weighted by molar-refractivity contribution is 8.15. The Morgan fingerprint density at radius 1 is 1.00 bits per heavy atom. The van der Waals surface area contributed by atoms with Crippen LogP contribution >= 0.6 is 11.8 Å². The lowest BCUT2D eigenvalue weighted by atomic mass is 10.1. The van der Waals surface area contributed by atoms with Crippen LogP contribution in [0.2, 0.25) is 0 Å². The Kier molecular flexibility index (Phi) is 9.98. The number of carbonyl (C=O) groups is 1. The van der Waals surface area contributed by atoms with Gasteiger partial charge in [-0.3, -0.25) is 14.7 Å². The summed E-state index contributed by atoms with van der Waals surface area (Å²) in [5, 5.41) is 1.06. The number of carbonyl (C=O) groups excluding carboxylic acids is 1. The molecule has 5 nitrogen and oxygen atoms in total. The number of aromatic nitrogens is 1. The molecule has 0 amide bonds. The van der Waals surface area contributed by atoms with Gasteiger partial charge in [0.1, 0.15) is 5.76 Å². The first kappa shape index (κ1) is 28.7. The van der Waals surface area contributed by atoms with Gasteiger partial charge in [-0.15, -0.1) is 0 Å². The molecule has 2 aliphatic rings. The monoisotopic (exact) mass is 549 g/mol. The molecule has 0 bridgehead atoms. The van der Waals surface area contributed by atoms with Gasteiger partial charge in [0, 0.05) is 49.0 Å². The SMILES string of the molecule is CC1=C(OCCCCCCCCCN2CCN(c3ccnc4cc(C(F)(F)F)ccc34)CC2)C(C)SC1=O. The van der Waals surface area contributed by atoms with Gasteiger partial charge in [0.25, 0.3) is 0 Å². The number of alkyl halides is 3. The van der Waals surface area contributed by atoms with Crippen molar-refractivity contribution in [3.63, 3.8) is 0 Å². The van der Waals surface area contributed by atoms with Gasteiger partial charge in [-0.2, -0.15) is 13.2 Å². The fourth-order valence-electron chi connectivity index (χ4n) is 5.23. The maximum Gasteiger partial charge on any atom is 0.416 e. The van der Waals surface area contributed by atoms with Crippen molar-refractivity contribution in [3.05, 3.63) is 47.4 Å². The maximum atomic E-state index is 13.1. The predicted octanol–water partition coefficient (Wildman–Crippen LogP) is 7.06. The molecule has 0 N–H and O–H groups in total. The largest absolute Gasteiger partial charge is 0.496 e. The second-order valence-electron chi connectivity index (χ2n) is 10.2. The second kappa shape index (κ2) is 13.2. The van der Waals surface area contributed by atoms with E-state index in [0.29, 0.717) is 12.1 Å². The van der Waals surface area contributed by atoms with E-state index in [2.05, 4.69) is 14.8 Å². The van der Waals surface area contributed by atoms with Crippen LogP contribution in [0, 0.1) is 0 Å². The number of piperazine rings is 1. The van der Waals surface area contributed by atoms with Crippen molar-refractivity contribution in [3.8, 4) is 0 Å². The number of fused-ring (bicyclic) bond motifs is 1. The van der Waals surface area contributed by atoms with Crippen LogP contribution in [0.1, 0.15) is 64.4 Å². The van der Waals surface area contributed by atoms with E-state index in [1.807, 2.05) is 19.9 Å². The number of unbranched alkanes of at least 4 members (excludes halogenated alkanes) is 6. The zero-order chi connectivity index (χ0) is 27.1. The molecule has 0 spiro atoms. The van der Waals surface area contributed by atoms with Crippen molar-refractivity contribution in [2.75, 3.05) is 44.2 Å². The number of pyridine rings is 1. The first-order valence-electron chi connectivity index (χ1n) is 13.7. The van der Waals surface area contributed by atoms with E-state index in [9.17, 15) is 18.0 Å².